The third kappa shape index (κ3) is 14.8. The summed E-state index contributed by atoms with van der Waals surface area (Å²) in [5.41, 5.74) is 0. The summed E-state index contributed by atoms with van der Waals surface area (Å²) in [6, 6.07) is 0. The molecule has 5 nitrogen and oxygen atoms in total. The molecule has 0 aliphatic heterocycles. The maximum Gasteiger partial charge on any atom is 0.306 e. The Morgan fingerprint density at radius 1 is 1.00 bits per heavy atom. The molecule has 46 heavy (non-hydrogen) atoms. The number of hydrogen-bond donors (Lipinski definition) is 0. The molecule has 0 aromatic heterocycles. The third-order valence-electron chi connectivity index (χ3n) is 10.1. The summed E-state index contributed by atoms with van der Waals surface area (Å²) in [6.45, 7) is 34.7. The molecule has 0 unspecified atom stereocenters. The van der Waals surface area contributed by atoms with Crippen LogP contribution in [0.5, 0.6) is 0 Å². The Morgan fingerprint density at radius 3 is 2.22 bits per heavy atom. The Hall–Kier alpha value is -0.806. The van der Waals surface area contributed by atoms with Crippen LogP contribution in [-0.2, 0) is 23.1 Å². The van der Waals surface area contributed by atoms with E-state index in [1.165, 1.54) is 24.2 Å². The van der Waals surface area contributed by atoms with Gasteiger partial charge in [0.25, 0.3) is 0 Å². The highest BCUT2D eigenvalue weighted by atomic mass is 32.2. The fraction of sp³-hybridized carbons (Fsp3) is 0.816. The van der Waals surface area contributed by atoms with Crippen LogP contribution in [0.15, 0.2) is 35.5 Å². The molecule has 0 fully saturated rings. The molecular formula is C38H72O5SSi2. The van der Waals surface area contributed by atoms with Crippen LogP contribution in [-0.4, -0.2) is 53.8 Å². The van der Waals surface area contributed by atoms with Crippen LogP contribution < -0.4 is 0 Å². The van der Waals surface area contributed by atoms with Crippen LogP contribution in [0, 0.1) is 11.8 Å². The number of carbonyl (C=O) groups is 1. The van der Waals surface area contributed by atoms with Gasteiger partial charge in [0.1, 0.15) is 12.4 Å². The first-order valence-electron chi connectivity index (χ1n) is 18.1. The number of esters is 1. The molecule has 8 heteroatoms. The van der Waals surface area contributed by atoms with Crippen molar-refractivity contribution in [2.45, 2.75) is 169 Å². The normalized spacial score (nSPS) is 19.5. The fourth-order valence-electron chi connectivity index (χ4n) is 5.11. The zero-order chi connectivity index (χ0) is 35.2. The van der Waals surface area contributed by atoms with Gasteiger partial charge in [0.05, 0.1) is 18.8 Å². The van der Waals surface area contributed by atoms with Gasteiger partial charge in [-0.05, 0) is 74.1 Å². The van der Waals surface area contributed by atoms with E-state index in [1.807, 2.05) is 11.8 Å². The first-order chi connectivity index (χ1) is 21.3. The maximum atomic E-state index is 11.9. The molecule has 0 bridgehead atoms. The average molecular weight is 697 g/mol. The van der Waals surface area contributed by atoms with E-state index in [-0.39, 0.29) is 40.8 Å². The second-order valence-corrected chi connectivity index (χ2v) is 26.9. The van der Waals surface area contributed by atoms with Crippen molar-refractivity contribution in [2.24, 2.45) is 11.8 Å². The Morgan fingerprint density at radius 2 is 1.65 bits per heavy atom. The molecule has 1 aliphatic rings. The largest absolute Gasteiger partial charge is 0.497 e. The van der Waals surface area contributed by atoms with Crippen molar-refractivity contribution in [3.05, 3.63) is 35.5 Å². The average Bonchev–Trinajstić information content (AvgIpc) is 3.24. The molecule has 0 saturated carbocycles. The topological polar surface area (TPSA) is 54.0 Å². The van der Waals surface area contributed by atoms with E-state index in [9.17, 15) is 4.79 Å². The first kappa shape index (κ1) is 43.2. The fourth-order valence-corrected chi connectivity index (χ4v) is 9.03. The van der Waals surface area contributed by atoms with Gasteiger partial charge in [0.2, 0.25) is 0 Å². The van der Waals surface area contributed by atoms with Gasteiger partial charge in [-0.1, -0.05) is 106 Å². The van der Waals surface area contributed by atoms with Crippen molar-refractivity contribution in [2.75, 3.05) is 19.0 Å². The molecule has 0 N–H and O–H groups in total. The van der Waals surface area contributed by atoms with Crippen LogP contribution in [0.25, 0.3) is 0 Å². The molecule has 0 saturated heterocycles. The molecule has 0 aromatic carbocycles. The molecule has 0 radical (unpaired) electrons. The van der Waals surface area contributed by atoms with E-state index in [0.29, 0.717) is 18.9 Å². The quantitative estimate of drug-likeness (QED) is 0.0486. The molecule has 1 aliphatic carbocycles. The molecule has 4 atom stereocenters. The lowest BCUT2D eigenvalue weighted by molar-refractivity contribution is -0.142. The van der Waals surface area contributed by atoms with Gasteiger partial charge < -0.3 is 18.3 Å². The van der Waals surface area contributed by atoms with E-state index >= 15 is 0 Å². The van der Waals surface area contributed by atoms with Crippen molar-refractivity contribution in [1.82, 2.24) is 0 Å². The van der Waals surface area contributed by atoms with Gasteiger partial charge in [-0.3, -0.25) is 4.79 Å². The monoisotopic (exact) mass is 696 g/mol. The predicted molar refractivity (Wildman–Crippen MR) is 205 cm³/mol. The van der Waals surface area contributed by atoms with Gasteiger partial charge in [0.15, 0.2) is 16.6 Å². The SMILES string of the molecule is C=CCOC(=O)CCCCCSC1=C(OCC)C[C@@H](O[Si](C)(C)C(C)(C)C)[C@@H]1/C=C/[C@H](C[C@H](C)CCCC)O[Si](C)(C)C(C)(C)C. The summed E-state index contributed by atoms with van der Waals surface area (Å²) in [4.78, 5) is 13.2. The number of thioether (sulfide) groups is 1. The highest BCUT2D eigenvalue weighted by molar-refractivity contribution is 8.03. The summed E-state index contributed by atoms with van der Waals surface area (Å²) < 4.78 is 25.7. The van der Waals surface area contributed by atoms with Crippen LogP contribution >= 0.6 is 11.8 Å². The second-order valence-electron chi connectivity index (χ2n) is 16.3. The van der Waals surface area contributed by atoms with Gasteiger partial charge in [-0.2, -0.15) is 0 Å². The van der Waals surface area contributed by atoms with Crippen LogP contribution in [0.1, 0.15) is 120 Å². The summed E-state index contributed by atoms with van der Waals surface area (Å²) in [6.07, 6.45) is 15.5. The molecule has 1 rings (SSSR count). The Balaban J connectivity index is 3.32. The number of carbonyl (C=O) groups excluding carboxylic acids is 1. The van der Waals surface area contributed by atoms with E-state index in [2.05, 4.69) is 107 Å². The van der Waals surface area contributed by atoms with Gasteiger partial charge in [-0.25, -0.2) is 0 Å². The smallest absolute Gasteiger partial charge is 0.306 e. The Labute approximate surface area is 291 Å². The number of hydrogen-bond acceptors (Lipinski definition) is 6. The summed E-state index contributed by atoms with van der Waals surface area (Å²) in [5.74, 6) is 2.70. The number of unbranched alkanes of at least 4 members (excludes halogenated alkanes) is 3. The summed E-state index contributed by atoms with van der Waals surface area (Å²) >= 11 is 1.92. The Bertz CT molecular complexity index is 977. The number of rotatable bonds is 22. The second kappa shape index (κ2) is 20.0. The van der Waals surface area contributed by atoms with Gasteiger partial charge in [0, 0.05) is 23.7 Å². The van der Waals surface area contributed by atoms with Crippen molar-refractivity contribution in [1.29, 1.82) is 0 Å². The third-order valence-corrected chi connectivity index (χ3v) is 20.4. The maximum absolute atomic E-state index is 11.9. The van der Waals surface area contributed by atoms with Gasteiger partial charge in [-0.15, -0.1) is 11.8 Å². The van der Waals surface area contributed by atoms with Crippen molar-refractivity contribution < 1.29 is 23.1 Å². The molecule has 0 heterocycles. The van der Waals surface area contributed by atoms with Crippen molar-refractivity contribution in [3.8, 4) is 0 Å². The Kier molecular flexibility index (Phi) is 18.8. The minimum Gasteiger partial charge on any atom is -0.497 e. The lowest BCUT2D eigenvalue weighted by Gasteiger charge is -2.40. The molecular weight excluding hydrogens is 625 g/mol. The van der Waals surface area contributed by atoms with Crippen LogP contribution in [0.3, 0.4) is 0 Å². The lowest BCUT2D eigenvalue weighted by Crippen LogP contribution is -2.45. The highest BCUT2D eigenvalue weighted by Crippen LogP contribution is 2.47. The van der Waals surface area contributed by atoms with E-state index in [1.54, 1.807) is 6.08 Å². The van der Waals surface area contributed by atoms with Gasteiger partial charge >= 0.3 is 5.97 Å². The minimum atomic E-state index is -2.02. The van der Waals surface area contributed by atoms with Crippen LogP contribution in [0.2, 0.25) is 36.3 Å². The summed E-state index contributed by atoms with van der Waals surface area (Å²) in [5, 5.41) is 0.275. The zero-order valence-corrected chi connectivity index (χ0v) is 35.0. The first-order valence-corrected chi connectivity index (χ1v) is 24.9. The van der Waals surface area contributed by atoms with Crippen molar-refractivity contribution >= 4 is 34.4 Å². The van der Waals surface area contributed by atoms with E-state index < -0.39 is 16.6 Å². The molecule has 0 spiro atoms. The minimum absolute atomic E-state index is 0.0619. The molecule has 268 valence electrons. The number of ether oxygens (including phenoxy) is 2. The van der Waals surface area contributed by atoms with E-state index in [0.717, 1.165) is 43.6 Å². The summed E-state index contributed by atoms with van der Waals surface area (Å²) in [7, 11) is -3.99. The van der Waals surface area contributed by atoms with Crippen LogP contribution in [0.4, 0.5) is 0 Å². The van der Waals surface area contributed by atoms with Crippen molar-refractivity contribution in [3.63, 3.8) is 0 Å². The highest BCUT2D eigenvalue weighted by Gasteiger charge is 2.44. The standard InChI is InChI=1S/C38H72O5SSi2/c1-15-18-22-30(4)28-31(42-45(11,12)37(5,6)7)24-25-32-33(43-46(13,14)38(8,9)10)29-34(40-17-3)36(32)44-27-21-19-20-23-35(39)41-26-16-2/h16,24-25,30-33H,2,15,17-23,26-29H2,1,3-14H3/b25-24+/t30-,31-,32+,33-/m1/s1. The predicted octanol–water partition coefficient (Wildman–Crippen LogP) is 11.8. The molecule has 0 aromatic rings. The molecule has 0 amide bonds. The van der Waals surface area contributed by atoms with E-state index in [4.69, 9.17) is 18.3 Å². The zero-order valence-electron chi connectivity index (χ0n) is 32.2. The lowest BCUT2D eigenvalue weighted by atomic mass is 9.96.